The second-order valence-electron chi connectivity index (χ2n) is 8.90. The summed E-state index contributed by atoms with van der Waals surface area (Å²) in [6.07, 6.45) is 5.41. The van der Waals surface area contributed by atoms with Crippen LogP contribution >= 0.6 is 11.3 Å². The van der Waals surface area contributed by atoms with Gasteiger partial charge in [0, 0.05) is 32.6 Å². The van der Waals surface area contributed by atoms with E-state index in [4.69, 9.17) is 0 Å². The quantitative estimate of drug-likeness (QED) is 0.717. The predicted octanol–water partition coefficient (Wildman–Crippen LogP) is 3.97. The maximum absolute atomic E-state index is 12.9. The molecule has 1 aliphatic carbocycles. The van der Waals surface area contributed by atoms with Gasteiger partial charge in [-0.2, -0.15) is 4.31 Å². The van der Waals surface area contributed by atoms with Crippen LogP contribution in [-0.2, 0) is 20.2 Å². The maximum atomic E-state index is 12.9. The fraction of sp³-hybridized carbons (Fsp3) is 0.522. The summed E-state index contributed by atoms with van der Waals surface area (Å²) in [5, 5.41) is 1.81. The highest BCUT2D eigenvalue weighted by atomic mass is 32.2. The number of benzene rings is 1. The molecule has 2 saturated heterocycles. The largest absolute Gasteiger partial charge is 0.343 e. The van der Waals surface area contributed by atoms with E-state index < -0.39 is 10.0 Å². The summed E-state index contributed by atoms with van der Waals surface area (Å²) in [5.74, 6) is 0.525. The average Bonchev–Trinajstić information content (AvgIpc) is 3.51. The van der Waals surface area contributed by atoms with Crippen molar-refractivity contribution in [2.45, 2.75) is 54.1 Å². The Bertz CT molecular complexity index is 1020. The van der Waals surface area contributed by atoms with Gasteiger partial charge in [-0.3, -0.25) is 4.79 Å². The van der Waals surface area contributed by atoms with Crippen LogP contribution in [-0.4, -0.2) is 49.7 Å². The highest BCUT2D eigenvalue weighted by Crippen LogP contribution is 2.53. The Morgan fingerprint density at radius 3 is 2.47 bits per heavy atom. The number of rotatable bonds is 4. The molecule has 5 nitrogen and oxygen atoms in total. The molecular formula is C23H28N2O3S2. The number of thiophene rings is 1. The minimum atomic E-state index is -3.39. The van der Waals surface area contributed by atoms with Crippen LogP contribution in [0.3, 0.4) is 0 Å². The van der Waals surface area contributed by atoms with E-state index in [9.17, 15) is 13.2 Å². The Balaban J connectivity index is 1.35. The number of hydrogen-bond acceptors (Lipinski definition) is 4. The van der Waals surface area contributed by atoms with Gasteiger partial charge < -0.3 is 4.90 Å². The Morgan fingerprint density at radius 2 is 1.77 bits per heavy atom. The molecule has 2 aromatic rings. The van der Waals surface area contributed by atoms with E-state index in [1.165, 1.54) is 22.5 Å². The Kier molecular flexibility index (Phi) is 5.24. The lowest BCUT2D eigenvalue weighted by atomic mass is 9.73. The number of carbonyl (C=O) groups is 1. The van der Waals surface area contributed by atoms with Crippen LogP contribution in [0.1, 0.15) is 55.6 Å². The summed E-state index contributed by atoms with van der Waals surface area (Å²) >= 11 is 1.28. The summed E-state index contributed by atoms with van der Waals surface area (Å²) in [7, 11) is -3.39. The standard InChI is InChI=1S/C23H28N2O3S2/c26-21(24-11-3-4-12-24)16-18-17-23(20-7-2-1-6-19(18)20)9-13-25(14-10-23)30(27,28)22-8-5-15-29-22/h1-2,5-8,15,18H,3-4,9-14,16-17H2. The lowest BCUT2D eigenvalue weighted by Gasteiger charge is -2.39. The van der Waals surface area contributed by atoms with E-state index in [2.05, 4.69) is 24.3 Å². The Morgan fingerprint density at radius 1 is 1.03 bits per heavy atom. The Hall–Kier alpha value is -1.70. The van der Waals surface area contributed by atoms with Crippen molar-refractivity contribution in [1.29, 1.82) is 0 Å². The van der Waals surface area contributed by atoms with Crippen molar-refractivity contribution in [3.8, 4) is 0 Å². The van der Waals surface area contributed by atoms with Crippen LogP contribution < -0.4 is 0 Å². The summed E-state index contributed by atoms with van der Waals surface area (Å²) in [6, 6.07) is 12.0. The zero-order valence-corrected chi connectivity index (χ0v) is 18.8. The van der Waals surface area contributed by atoms with Crippen molar-refractivity contribution in [2.75, 3.05) is 26.2 Å². The van der Waals surface area contributed by atoms with Crippen molar-refractivity contribution < 1.29 is 13.2 Å². The first kappa shape index (κ1) is 20.2. The second kappa shape index (κ2) is 7.77. The number of fused-ring (bicyclic) bond motifs is 2. The normalized spacial score (nSPS) is 23.7. The number of hydrogen-bond donors (Lipinski definition) is 0. The van der Waals surface area contributed by atoms with Crippen molar-refractivity contribution >= 4 is 27.3 Å². The van der Waals surface area contributed by atoms with E-state index in [1.807, 2.05) is 10.3 Å². The van der Waals surface area contributed by atoms with Crippen LogP contribution in [0.2, 0.25) is 0 Å². The highest BCUT2D eigenvalue weighted by Gasteiger charge is 2.47. The van der Waals surface area contributed by atoms with Gasteiger partial charge in [-0.25, -0.2) is 8.42 Å². The lowest BCUT2D eigenvalue weighted by molar-refractivity contribution is -0.130. The lowest BCUT2D eigenvalue weighted by Crippen LogP contribution is -2.44. The molecule has 0 saturated carbocycles. The van der Waals surface area contributed by atoms with Gasteiger partial charge in [-0.05, 0) is 66.0 Å². The molecule has 0 radical (unpaired) electrons. The fourth-order valence-electron chi connectivity index (χ4n) is 5.68. The zero-order valence-electron chi connectivity index (χ0n) is 17.1. The number of nitrogens with zero attached hydrogens (tertiary/aromatic N) is 2. The predicted molar refractivity (Wildman–Crippen MR) is 118 cm³/mol. The monoisotopic (exact) mass is 444 g/mol. The topological polar surface area (TPSA) is 57.7 Å². The molecule has 7 heteroatoms. The van der Waals surface area contributed by atoms with Crippen molar-refractivity contribution in [3.05, 3.63) is 52.9 Å². The molecule has 5 rings (SSSR count). The minimum absolute atomic E-state index is 0.00593. The van der Waals surface area contributed by atoms with Crippen molar-refractivity contribution in [1.82, 2.24) is 9.21 Å². The van der Waals surface area contributed by atoms with E-state index in [0.29, 0.717) is 23.7 Å². The third kappa shape index (κ3) is 3.41. The molecule has 0 bridgehead atoms. The zero-order chi connectivity index (χ0) is 20.8. The van der Waals surface area contributed by atoms with Crippen LogP contribution in [0, 0.1) is 0 Å². The first-order valence-electron chi connectivity index (χ1n) is 10.9. The first-order valence-corrected chi connectivity index (χ1v) is 13.2. The number of carbonyl (C=O) groups excluding carboxylic acids is 1. The van der Waals surface area contributed by atoms with Gasteiger partial charge in [0.15, 0.2) is 0 Å². The van der Waals surface area contributed by atoms with Crippen LogP contribution in [0.5, 0.6) is 0 Å². The third-order valence-electron chi connectivity index (χ3n) is 7.26. The van der Waals surface area contributed by atoms with Crippen molar-refractivity contribution in [3.63, 3.8) is 0 Å². The fourth-order valence-corrected chi connectivity index (χ4v) is 8.27. The van der Waals surface area contributed by atoms with Gasteiger partial charge in [0.25, 0.3) is 10.0 Å². The van der Waals surface area contributed by atoms with Gasteiger partial charge in [0.2, 0.25) is 5.91 Å². The molecule has 1 amide bonds. The van der Waals surface area contributed by atoms with Gasteiger partial charge in [-0.15, -0.1) is 11.3 Å². The summed E-state index contributed by atoms with van der Waals surface area (Å²) < 4.78 is 28.0. The third-order valence-corrected chi connectivity index (χ3v) is 10.5. The molecular weight excluding hydrogens is 416 g/mol. The highest BCUT2D eigenvalue weighted by molar-refractivity contribution is 7.91. The number of sulfonamides is 1. The minimum Gasteiger partial charge on any atom is -0.343 e. The number of amides is 1. The van der Waals surface area contributed by atoms with Crippen LogP contribution in [0.15, 0.2) is 46.0 Å². The van der Waals surface area contributed by atoms with Gasteiger partial charge in [-0.1, -0.05) is 30.3 Å². The molecule has 3 aliphatic rings. The molecule has 1 aromatic heterocycles. The smallest absolute Gasteiger partial charge is 0.252 e. The summed E-state index contributed by atoms with van der Waals surface area (Å²) in [5.41, 5.74) is 2.64. The van der Waals surface area contributed by atoms with Gasteiger partial charge in [0.05, 0.1) is 0 Å². The molecule has 3 heterocycles. The molecule has 2 aliphatic heterocycles. The van der Waals surface area contributed by atoms with E-state index in [0.717, 1.165) is 45.2 Å². The number of piperidine rings is 1. The first-order chi connectivity index (χ1) is 14.5. The molecule has 30 heavy (non-hydrogen) atoms. The molecule has 1 unspecified atom stereocenters. The van der Waals surface area contributed by atoms with Crippen LogP contribution in [0.25, 0.3) is 0 Å². The summed E-state index contributed by atoms with van der Waals surface area (Å²) in [6.45, 7) is 2.88. The number of likely N-dealkylation sites (tertiary alicyclic amines) is 1. The summed E-state index contributed by atoms with van der Waals surface area (Å²) in [4.78, 5) is 14.9. The van der Waals surface area contributed by atoms with Crippen molar-refractivity contribution in [2.24, 2.45) is 0 Å². The van der Waals surface area contributed by atoms with Gasteiger partial charge >= 0.3 is 0 Å². The van der Waals surface area contributed by atoms with E-state index in [1.54, 1.807) is 16.4 Å². The average molecular weight is 445 g/mol. The molecule has 1 atom stereocenters. The van der Waals surface area contributed by atoms with E-state index >= 15 is 0 Å². The molecule has 160 valence electrons. The van der Waals surface area contributed by atoms with Crippen LogP contribution in [0.4, 0.5) is 0 Å². The molecule has 1 aromatic carbocycles. The maximum Gasteiger partial charge on any atom is 0.252 e. The molecule has 0 N–H and O–H groups in total. The Labute approximate surface area is 182 Å². The van der Waals surface area contributed by atoms with Gasteiger partial charge in [0.1, 0.15) is 4.21 Å². The SMILES string of the molecule is O=C(CC1CC2(CCN(S(=O)(=O)c3cccs3)CC2)c2ccccc21)N1CCCC1. The molecule has 2 fully saturated rings. The second-order valence-corrected chi connectivity index (χ2v) is 12.0. The van der Waals surface area contributed by atoms with E-state index in [-0.39, 0.29) is 17.2 Å². The molecule has 1 spiro atoms.